The predicted octanol–water partition coefficient (Wildman–Crippen LogP) is 2.83. The zero-order valence-corrected chi connectivity index (χ0v) is 12.4. The minimum Gasteiger partial charge on any atom is -0.481 e. The molecule has 4 nitrogen and oxygen atoms in total. The van der Waals surface area contributed by atoms with E-state index in [9.17, 15) is 9.59 Å². The molecule has 1 aromatic carbocycles. The molecule has 1 aliphatic carbocycles. The fourth-order valence-corrected chi connectivity index (χ4v) is 2.83. The van der Waals surface area contributed by atoms with Crippen molar-refractivity contribution in [1.29, 1.82) is 0 Å². The fraction of sp³-hybridized carbons (Fsp3) is 0.385. The molecular weight excluding hydrogens is 334 g/mol. The maximum atomic E-state index is 11.9. The summed E-state index contributed by atoms with van der Waals surface area (Å²) in [5, 5.41) is 12.2. The van der Waals surface area contributed by atoms with Gasteiger partial charge in [0.25, 0.3) is 0 Å². The number of hydrogen-bond donors (Lipinski definition) is 2. The van der Waals surface area contributed by atoms with Crippen LogP contribution in [0.25, 0.3) is 0 Å². The first-order chi connectivity index (χ1) is 8.99. The third kappa shape index (κ3) is 3.28. The maximum absolute atomic E-state index is 11.9. The van der Waals surface area contributed by atoms with Crippen molar-refractivity contribution in [3.05, 3.63) is 33.3 Å². The van der Waals surface area contributed by atoms with Crippen molar-refractivity contribution in [3.63, 3.8) is 0 Å². The zero-order valence-electron chi connectivity index (χ0n) is 10.0. The van der Waals surface area contributed by atoms with E-state index in [-0.39, 0.29) is 5.91 Å². The van der Waals surface area contributed by atoms with Gasteiger partial charge in [-0.1, -0.05) is 33.6 Å². The third-order valence-electron chi connectivity index (χ3n) is 3.40. The summed E-state index contributed by atoms with van der Waals surface area (Å²) in [6.45, 7) is 0.313. The topological polar surface area (TPSA) is 66.4 Å². The van der Waals surface area contributed by atoms with Crippen molar-refractivity contribution in [1.82, 2.24) is 5.32 Å². The number of rotatable bonds is 4. The van der Waals surface area contributed by atoms with Crippen molar-refractivity contribution in [2.24, 2.45) is 11.8 Å². The number of benzene rings is 1. The number of hydrogen-bond acceptors (Lipinski definition) is 2. The normalized spacial score (nSPS) is 21.6. The van der Waals surface area contributed by atoms with Crippen LogP contribution in [0.2, 0.25) is 5.02 Å². The summed E-state index contributed by atoms with van der Waals surface area (Å²) in [6.07, 6.45) is 1.21. The molecule has 2 N–H and O–H groups in total. The Morgan fingerprint density at radius 3 is 2.58 bits per heavy atom. The Kier molecular flexibility index (Phi) is 4.47. The first kappa shape index (κ1) is 14.3. The van der Waals surface area contributed by atoms with Crippen LogP contribution in [0.4, 0.5) is 0 Å². The Labute approximate surface area is 124 Å². The van der Waals surface area contributed by atoms with E-state index >= 15 is 0 Å². The molecule has 6 heteroatoms. The number of nitrogens with one attached hydrogen (secondary N) is 1. The number of amides is 1. The molecule has 0 bridgehead atoms. The van der Waals surface area contributed by atoms with Gasteiger partial charge >= 0.3 is 5.97 Å². The maximum Gasteiger partial charge on any atom is 0.307 e. The van der Waals surface area contributed by atoms with E-state index in [4.69, 9.17) is 16.7 Å². The van der Waals surface area contributed by atoms with Gasteiger partial charge in [0, 0.05) is 16.0 Å². The molecule has 1 aliphatic rings. The van der Waals surface area contributed by atoms with Crippen LogP contribution < -0.4 is 5.32 Å². The minimum atomic E-state index is -0.895. The smallest absolute Gasteiger partial charge is 0.307 e. The lowest BCUT2D eigenvalue weighted by Gasteiger charge is -2.31. The average Bonchev–Trinajstić information content (AvgIpc) is 2.25. The van der Waals surface area contributed by atoms with E-state index in [2.05, 4.69) is 21.2 Å². The van der Waals surface area contributed by atoms with Crippen molar-refractivity contribution >= 4 is 39.4 Å². The van der Waals surface area contributed by atoms with Gasteiger partial charge in [-0.2, -0.15) is 0 Å². The number of carbonyl (C=O) groups excluding carboxylic acids is 1. The zero-order chi connectivity index (χ0) is 14.0. The highest BCUT2D eigenvalue weighted by molar-refractivity contribution is 9.10. The molecule has 1 aromatic rings. The van der Waals surface area contributed by atoms with Crippen LogP contribution in [0.3, 0.4) is 0 Å². The Morgan fingerprint density at radius 2 is 2.05 bits per heavy atom. The summed E-state index contributed by atoms with van der Waals surface area (Å²) >= 11 is 9.35. The summed E-state index contributed by atoms with van der Waals surface area (Å²) < 4.78 is 0.873. The number of aliphatic carboxylic acids is 1. The Hall–Kier alpha value is -1.07. The Morgan fingerprint density at radius 1 is 1.37 bits per heavy atom. The molecular formula is C13H13BrClNO3. The lowest BCUT2D eigenvalue weighted by Crippen LogP contribution is -2.43. The van der Waals surface area contributed by atoms with Crippen LogP contribution in [0.15, 0.2) is 22.7 Å². The predicted molar refractivity (Wildman–Crippen MR) is 74.8 cm³/mol. The second kappa shape index (κ2) is 5.92. The molecule has 0 radical (unpaired) electrons. The summed E-state index contributed by atoms with van der Waals surface area (Å²) in [5.74, 6) is -2.06. The van der Waals surface area contributed by atoms with E-state index in [0.29, 0.717) is 24.4 Å². The van der Waals surface area contributed by atoms with E-state index in [1.54, 1.807) is 6.07 Å². The van der Waals surface area contributed by atoms with E-state index in [1.807, 2.05) is 12.1 Å². The monoisotopic (exact) mass is 345 g/mol. The number of carboxylic acid groups (broad SMARTS) is 1. The second-order valence-electron chi connectivity index (χ2n) is 4.58. The molecule has 1 fully saturated rings. The first-order valence-electron chi connectivity index (χ1n) is 5.93. The molecule has 0 saturated heterocycles. The molecule has 2 rings (SSSR count). The molecule has 1 amide bonds. The minimum absolute atomic E-state index is 0.211. The summed E-state index contributed by atoms with van der Waals surface area (Å²) in [7, 11) is 0. The van der Waals surface area contributed by atoms with Gasteiger partial charge in [-0.3, -0.25) is 9.59 Å². The average molecular weight is 347 g/mol. The van der Waals surface area contributed by atoms with Crippen molar-refractivity contribution < 1.29 is 14.7 Å². The van der Waals surface area contributed by atoms with E-state index < -0.39 is 17.8 Å². The molecule has 102 valence electrons. The van der Waals surface area contributed by atoms with Crippen molar-refractivity contribution in [3.8, 4) is 0 Å². The molecule has 0 heterocycles. The highest BCUT2D eigenvalue weighted by Gasteiger charge is 2.41. The molecule has 0 aliphatic heterocycles. The van der Waals surface area contributed by atoms with Gasteiger partial charge in [-0.15, -0.1) is 0 Å². The van der Waals surface area contributed by atoms with E-state index in [1.165, 1.54) is 0 Å². The summed E-state index contributed by atoms with van der Waals surface area (Å²) in [5.41, 5.74) is 0.810. The number of carboxylic acids is 1. The van der Waals surface area contributed by atoms with Gasteiger partial charge in [0.2, 0.25) is 5.91 Å². The van der Waals surface area contributed by atoms with Crippen LogP contribution in [0.5, 0.6) is 0 Å². The van der Waals surface area contributed by atoms with Gasteiger partial charge < -0.3 is 10.4 Å². The van der Waals surface area contributed by atoms with E-state index in [0.717, 1.165) is 10.0 Å². The molecule has 0 spiro atoms. The van der Waals surface area contributed by atoms with Gasteiger partial charge in [0.15, 0.2) is 0 Å². The largest absolute Gasteiger partial charge is 0.481 e. The van der Waals surface area contributed by atoms with Crippen LogP contribution in [-0.4, -0.2) is 17.0 Å². The first-order valence-corrected chi connectivity index (χ1v) is 7.10. The fourth-order valence-electron chi connectivity index (χ4n) is 2.09. The molecule has 1 saturated carbocycles. The second-order valence-corrected chi connectivity index (χ2v) is 5.90. The molecule has 0 aromatic heterocycles. The van der Waals surface area contributed by atoms with Crippen LogP contribution >= 0.6 is 27.5 Å². The lowest BCUT2D eigenvalue weighted by molar-refractivity contribution is -0.152. The van der Waals surface area contributed by atoms with Crippen LogP contribution in [-0.2, 0) is 16.1 Å². The molecule has 19 heavy (non-hydrogen) atoms. The van der Waals surface area contributed by atoms with Crippen LogP contribution in [0.1, 0.15) is 18.4 Å². The van der Waals surface area contributed by atoms with Gasteiger partial charge in [0.1, 0.15) is 0 Å². The highest BCUT2D eigenvalue weighted by atomic mass is 79.9. The highest BCUT2D eigenvalue weighted by Crippen LogP contribution is 2.34. The Bertz CT molecular complexity index is 521. The van der Waals surface area contributed by atoms with Gasteiger partial charge in [-0.05, 0) is 30.5 Å². The standard InChI is InChI=1S/C13H13BrClNO3/c14-8-2-1-7(11(15)5-8)6-16-12(17)9-3-4-10(9)13(18)19/h1-2,5,9-10H,3-4,6H2,(H,16,17)(H,18,19). The lowest BCUT2D eigenvalue weighted by atomic mass is 9.73. The Balaban J connectivity index is 1.92. The van der Waals surface area contributed by atoms with Crippen molar-refractivity contribution in [2.45, 2.75) is 19.4 Å². The third-order valence-corrected chi connectivity index (χ3v) is 4.24. The summed E-state index contributed by atoms with van der Waals surface area (Å²) in [4.78, 5) is 22.7. The number of halogens is 2. The summed E-state index contributed by atoms with van der Waals surface area (Å²) in [6, 6.07) is 5.42. The van der Waals surface area contributed by atoms with Gasteiger partial charge in [0.05, 0.1) is 11.8 Å². The van der Waals surface area contributed by atoms with Gasteiger partial charge in [-0.25, -0.2) is 0 Å². The van der Waals surface area contributed by atoms with Crippen molar-refractivity contribution in [2.75, 3.05) is 0 Å². The number of carbonyl (C=O) groups is 2. The quantitative estimate of drug-likeness (QED) is 0.881. The SMILES string of the molecule is O=C(O)C1CCC1C(=O)NCc1ccc(Br)cc1Cl. The molecule has 2 atom stereocenters. The molecule has 2 unspecified atom stereocenters. The van der Waals surface area contributed by atoms with Crippen LogP contribution in [0, 0.1) is 11.8 Å².